The highest BCUT2D eigenvalue weighted by molar-refractivity contribution is 5.94. The Labute approximate surface area is 114 Å². The van der Waals surface area contributed by atoms with Crippen molar-refractivity contribution in [2.24, 2.45) is 5.92 Å². The quantitative estimate of drug-likeness (QED) is 0.791. The van der Waals surface area contributed by atoms with Crippen molar-refractivity contribution in [2.45, 2.75) is 32.9 Å². The number of ether oxygens (including phenoxy) is 1. The minimum Gasteiger partial charge on any atom is -0.378 e. The third-order valence-electron chi connectivity index (χ3n) is 3.22. The third-order valence-corrected chi connectivity index (χ3v) is 3.22. The van der Waals surface area contributed by atoms with Crippen LogP contribution >= 0.6 is 0 Å². The van der Waals surface area contributed by atoms with E-state index in [0.717, 1.165) is 25.2 Å². The van der Waals surface area contributed by atoms with E-state index in [1.807, 2.05) is 25.1 Å². The van der Waals surface area contributed by atoms with Crippen molar-refractivity contribution in [3.05, 3.63) is 29.8 Å². The summed E-state index contributed by atoms with van der Waals surface area (Å²) in [6, 6.07) is 7.96. The highest BCUT2D eigenvalue weighted by atomic mass is 16.5. The normalized spacial score (nSPS) is 21.2. The van der Waals surface area contributed by atoms with Crippen LogP contribution in [0.3, 0.4) is 0 Å². The summed E-state index contributed by atoms with van der Waals surface area (Å²) < 4.78 is 5.43. The summed E-state index contributed by atoms with van der Waals surface area (Å²) in [4.78, 5) is 12.0. The fourth-order valence-electron chi connectivity index (χ4n) is 2.11. The standard InChI is InChI=1S/C15H22N2O2/c1-3-16-10-11-6-5-7-12(8-11)17-15(18)13-9-14(13)19-4-2/h5-8,13-14,16H,3-4,9-10H2,1-2H3,(H,17,18). The third kappa shape index (κ3) is 4.04. The topological polar surface area (TPSA) is 50.4 Å². The first-order valence-electron chi connectivity index (χ1n) is 6.96. The Balaban J connectivity index is 1.87. The minimum absolute atomic E-state index is 0.0253. The van der Waals surface area contributed by atoms with Crippen molar-refractivity contribution in [2.75, 3.05) is 18.5 Å². The summed E-state index contributed by atoms with van der Waals surface area (Å²) in [5, 5.41) is 6.23. The monoisotopic (exact) mass is 262 g/mol. The predicted octanol–water partition coefficient (Wildman–Crippen LogP) is 2.16. The molecule has 2 atom stereocenters. The summed E-state index contributed by atoms with van der Waals surface area (Å²) in [5.74, 6) is 0.0939. The SMILES string of the molecule is CCNCc1cccc(NC(=O)C2CC2OCC)c1. The molecule has 2 N–H and O–H groups in total. The van der Waals surface area contributed by atoms with E-state index in [1.165, 1.54) is 5.56 Å². The lowest BCUT2D eigenvalue weighted by atomic mass is 10.2. The molecule has 1 aliphatic rings. The van der Waals surface area contributed by atoms with Crippen LogP contribution in [-0.2, 0) is 16.1 Å². The lowest BCUT2D eigenvalue weighted by Crippen LogP contribution is -2.17. The number of anilines is 1. The number of carbonyl (C=O) groups excluding carboxylic acids is 1. The number of carbonyl (C=O) groups is 1. The van der Waals surface area contributed by atoms with Crippen molar-refractivity contribution >= 4 is 11.6 Å². The van der Waals surface area contributed by atoms with E-state index in [2.05, 4.69) is 23.6 Å². The molecule has 1 saturated carbocycles. The van der Waals surface area contributed by atoms with E-state index >= 15 is 0 Å². The molecule has 0 saturated heterocycles. The number of amides is 1. The van der Waals surface area contributed by atoms with Crippen molar-refractivity contribution < 1.29 is 9.53 Å². The zero-order chi connectivity index (χ0) is 13.7. The lowest BCUT2D eigenvalue weighted by molar-refractivity contribution is -0.118. The van der Waals surface area contributed by atoms with Crippen LogP contribution in [0.1, 0.15) is 25.8 Å². The Bertz CT molecular complexity index is 434. The molecule has 1 aromatic carbocycles. The second-order valence-electron chi connectivity index (χ2n) is 4.81. The maximum atomic E-state index is 12.0. The van der Waals surface area contributed by atoms with Gasteiger partial charge in [0.05, 0.1) is 12.0 Å². The average molecular weight is 262 g/mol. The molecule has 0 radical (unpaired) electrons. The van der Waals surface area contributed by atoms with Crippen molar-refractivity contribution in [3.8, 4) is 0 Å². The smallest absolute Gasteiger partial charge is 0.230 e. The van der Waals surface area contributed by atoms with E-state index in [0.29, 0.717) is 6.61 Å². The summed E-state index contributed by atoms with van der Waals surface area (Å²) in [7, 11) is 0. The molecule has 104 valence electrons. The van der Waals surface area contributed by atoms with Gasteiger partial charge in [-0.1, -0.05) is 19.1 Å². The molecule has 1 fully saturated rings. The van der Waals surface area contributed by atoms with Gasteiger partial charge in [-0.2, -0.15) is 0 Å². The van der Waals surface area contributed by atoms with Gasteiger partial charge in [0.2, 0.25) is 5.91 Å². The Morgan fingerprint density at radius 1 is 1.42 bits per heavy atom. The van der Waals surface area contributed by atoms with Crippen LogP contribution in [0, 0.1) is 5.92 Å². The lowest BCUT2D eigenvalue weighted by Gasteiger charge is -2.08. The van der Waals surface area contributed by atoms with Crippen molar-refractivity contribution in [3.63, 3.8) is 0 Å². The Morgan fingerprint density at radius 3 is 3.00 bits per heavy atom. The molecule has 0 aliphatic heterocycles. The predicted molar refractivity (Wildman–Crippen MR) is 76.0 cm³/mol. The summed E-state index contributed by atoms with van der Waals surface area (Å²) in [6.45, 7) is 6.47. The molecule has 1 amide bonds. The van der Waals surface area contributed by atoms with Crippen LogP contribution in [0.25, 0.3) is 0 Å². The second-order valence-corrected chi connectivity index (χ2v) is 4.81. The molecule has 0 bridgehead atoms. The number of nitrogens with one attached hydrogen (secondary N) is 2. The zero-order valence-electron chi connectivity index (χ0n) is 11.6. The Morgan fingerprint density at radius 2 is 2.26 bits per heavy atom. The highest BCUT2D eigenvalue weighted by Gasteiger charge is 2.43. The molecule has 19 heavy (non-hydrogen) atoms. The molecule has 0 aromatic heterocycles. The van der Waals surface area contributed by atoms with Crippen LogP contribution in [0.4, 0.5) is 5.69 Å². The largest absolute Gasteiger partial charge is 0.378 e. The van der Waals surface area contributed by atoms with Gasteiger partial charge in [0, 0.05) is 18.8 Å². The van der Waals surface area contributed by atoms with E-state index in [-0.39, 0.29) is 17.9 Å². The second kappa shape index (κ2) is 6.68. The molecule has 2 rings (SSSR count). The molecule has 4 nitrogen and oxygen atoms in total. The summed E-state index contributed by atoms with van der Waals surface area (Å²) >= 11 is 0. The maximum Gasteiger partial charge on any atom is 0.230 e. The number of rotatable bonds is 7. The van der Waals surface area contributed by atoms with Crippen LogP contribution in [-0.4, -0.2) is 25.2 Å². The van der Waals surface area contributed by atoms with Gasteiger partial charge in [-0.25, -0.2) is 0 Å². The molecule has 0 spiro atoms. The molecular formula is C15H22N2O2. The van der Waals surface area contributed by atoms with Gasteiger partial charge in [0.25, 0.3) is 0 Å². The van der Waals surface area contributed by atoms with Gasteiger partial charge in [-0.15, -0.1) is 0 Å². The zero-order valence-corrected chi connectivity index (χ0v) is 11.6. The maximum absolute atomic E-state index is 12.0. The highest BCUT2D eigenvalue weighted by Crippen LogP contribution is 2.34. The number of hydrogen-bond donors (Lipinski definition) is 2. The molecule has 2 unspecified atom stereocenters. The molecule has 0 heterocycles. The van der Waals surface area contributed by atoms with E-state index in [9.17, 15) is 4.79 Å². The Kier molecular flexibility index (Phi) is 4.93. The van der Waals surface area contributed by atoms with Crippen LogP contribution in [0.15, 0.2) is 24.3 Å². The van der Waals surface area contributed by atoms with Crippen molar-refractivity contribution in [1.82, 2.24) is 5.32 Å². The minimum atomic E-state index is 0.0253. The molecule has 4 heteroatoms. The van der Waals surface area contributed by atoms with Gasteiger partial charge in [-0.3, -0.25) is 4.79 Å². The number of benzene rings is 1. The summed E-state index contributed by atoms with van der Waals surface area (Å²) in [5.41, 5.74) is 2.04. The van der Waals surface area contributed by atoms with Gasteiger partial charge >= 0.3 is 0 Å². The number of hydrogen-bond acceptors (Lipinski definition) is 3. The van der Waals surface area contributed by atoms with Gasteiger partial charge in [0.1, 0.15) is 0 Å². The van der Waals surface area contributed by atoms with Crippen molar-refractivity contribution in [1.29, 1.82) is 0 Å². The average Bonchev–Trinajstić information content (AvgIpc) is 3.17. The van der Waals surface area contributed by atoms with E-state index in [1.54, 1.807) is 0 Å². The first kappa shape index (κ1) is 14.0. The first-order chi connectivity index (χ1) is 9.24. The molecule has 1 aliphatic carbocycles. The van der Waals surface area contributed by atoms with Crippen LogP contribution < -0.4 is 10.6 Å². The fraction of sp³-hybridized carbons (Fsp3) is 0.533. The first-order valence-corrected chi connectivity index (χ1v) is 6.96. The Hall–Kier alpha value is -1.39. The van der Waals surface area contributed by atoms with Gasteiger partial charge < -0.3 is 15.4 Å². The van der Waals surface area contributed by atoms with E-state index in [4.69, 9.17) is 4.74 Å². The van der Waals surface area contributed by atoms with Gasteiger partial charge in [0.15, 0.2) is 0 Å². The summed E-state index contributed by atoms with van der Waals surface area (Å²) in [6.07, 6.45) is 0.964. The van der Waals surface area contributed by atoms with E-state index < -0.39 is 0 Å². The fourth-order valence-corrected chi connectivity index (χ4v) is 2.11. The molecule has 1 aromatic rings. The van der Waals surface area contributed by atoms with Gasteiger partial charge in [-0.05, 0) is 37.6 Å². The van der Waals surface area contributed by atoms with Crippen LogP contribution in [0.2, 0.25) is 0 Å². The van der Waals surface area contributed by atoms with Crippen LogP contribution in [0.5, 0.6) is 0 Å². The molecular weight excluding hydrogens is 240 g/mol.